The van der Waals surface area contributed by atoms with Crippen molar-refractivity contribution in [1.29, 1.82) is 0 Å². The number of amides is 2. The highest BCUT2D eigenvalue weighted by Crippen LogP contribution is 2.23. The zero-order valence-corrected chi connectivity index (χ0v) is 16.4. The van der Waals surface area contributed by atoms with E-state index >= 15 is 0 Å². The van der Waals surface area contributed by atoms with Gasteiger partial charge in [0.1, 0.15) is 11.3 Å². The van der Waals surface area contributed by atoms with E-state index in [0.29, 0.717) is 5.69 Å². The molecule has 140 valence electrons. The van der Waals surface area contributed by atoms with Crippen molar-refractivity contribution >= 4 is 44.4 Å². The number of halogens is 1. The number of carbonyl (C=O) groups excluding carboxylic acids is 2. The first kappa shape index (κ1) is 19.1. The molecule has 6 nitrogen and oxygen atoms in total. The molecule has 0 spiro atoms. The topological polar surface area (TPSA) is 83.4 Å². The van der Waals surface area contributed by atoms with E-state index in [1.807, 2.05) is 55.5 Å². The Morgan fingerprint density at radius 1 is 1.04 bits per heavy atom. The molecule has 1 aromatic heterocycles. The quantitative estimate of drug-likeness (QED) is 0.535. The number of nitrogens with one attached hydrogen (secondary N) is 3. The van der Waals surface area contributed by atoms with Crippen molar-refractivity contribution in [1.82, 2.24) is 10.6 Å². The van der Waals surface area contributed by atoms with Gasteiger partial charge in [-0.3, -0.25) is 14.9 Å². The Labute approximate surface area is 165 Å². The van der Waals surface area contributed by atoms with Gasteiger partial charge in [-0.05, 0) is 47.1 Å². The van der Waals surface area contributed by atoms with E-state index in [-0.39, 0.29) is 30.9 Å². The maximum absolute atomic E-state index is 12.0. The second kappa shape index (κ2) is 8.83. The van der Waals surface area contributed by atoms with Crippen LogP contribution in [0.3, 0.4) is 0 Å². The van der Waals surface area contributed by atoms with Crippen LogP contribution in [0.15, 0.2) is 63.5 Å². The van der Waals surface area contributed by atoms with Crippen molar-refractivity contribution in [2.75, 3.05) is 18.4 Å². The molecule has 2 amide bonds. The molecule has 0 saturated heterocycles. The highest BCUT2D eigenvalue weighted by atomic mass is 79.9. The van der Waals surface area contributed by atoms with Gasteiger partial charge in [0.2, 0.25) is 11.8 Å². The summed E-state index contributed by atoms with van der Waals surface area (Å²) in [4.78, 5) is 23.9. The molecule has 7 heteroatoms. The fourth-order valence-corrected chi connectivity index (χ4v) is 2.94. The molecule has 3 N–H and O–H groups in total. The summed E-state index contributed by atoms with van der Waals surface area (Å²) in [7, 11) is 0. The molecule has 27 heavy (non-hydrogen) atoms. The Morgan fingerprint density at radius 2 is 1.78 bits per heavy atom. The lowest BCUT2D eigenvalue weighted by Gasteiger charge is -2.12. The summed E-state index contributed by atoms with van der Waals surface area (Å²) in [5, 5.41) is 9.45. The summed E-state index contributed by atoms with van der Waals surface area (Å²) in [6, 6.07) is 16.9. The zero-order chi connectivity index (χ0) is 19.2. The van der Waals surface area contributed by atoms with Crippen LogP contribution in [-0.4, -0.2) is 24.9 Å². The number of hydrogen-bond donors (Lipinski definition) is 3. The Bertz CT molecular complexity index is 921. The largest absolute Gasteiger partial charge is 0.459 e. The van der Waals surface area contributed by atoms with Crippen LogP contribution in [0.1, 0.15) is 18.7 Å². The molecule has 0 aliphatic rings. The van der Waals surface area contributed by atoms with Crippen molar-refractivity contribution in [3.63, 3.8) is 0 Å². The number of rotatable bonds is 7. The average Bonchev–Trinajstić information content (AvgIpc) is 3.10. The van der Waals surface area contributed by atoms with Gasteiger partial charge >= 0.3 is 0 Å². The van der Waals surface area contributed by atoms with E-state index in [4.69, 9.17) is 4.42 Å². The first-order valence-electron chi connectivity index (χ1n) is 8.56. The molecule has 0 saturated carbocycles. The number of carbonyl (C=O) groups is 2. The molecule has 0 bridgehead atoms. The van der Waals surface area contributed by atoms with Crippen LogP contribution in [0, 0.1) is 0 Å². The SMILES string of the molecule is CC(NCC(=O)NCC(=O)Nc1ccccc1Br)c1cc2ccccc2o1. The monoisotopic (exact) mass is 429 g/mol. The summed E-state index contributed by atoms with van der Waals surface area (Å²) in [5.41, 5.74) is 1.47. The first-order valence-corrected chi connectivity index (χ1v) is 9.35. The third kappa shape index (κ3) is 5.18. The summed E-state index contributed by atoms with van der Waals surface area (Å²) in [6.45, 7) is 1.91. The van der Waals surface area contributed by atoms with Crippen LogP contribution in [0.4, 0.5) is 5.69 Å². The number of fused-ring (bicyclic) bond motifs is 1. The Morgan fingerprint density at radius 3 is 2.56 bits per heavy atom. The minimum atomic E-state index is -0.291. The predicted octanol–water partition coefficient (Wildman–Crippen LogP) is 3.60. The van der Waals surface area contributed by atoms with Gasteiger partial charge in [0, 0.05) is 9.86 Å². The van der Waals surface area contributed by atoms with Crippen molar-refractivity contribution in [2.24, 2.45) is 0 Å². The normalized spacial score (nSPS) is 11.9. The number of furan rings is 1. The molecule has 1 heterocycles. The van der Waals surface area contributed by atoms with Gasteiger partial charge in [-0.2, -0.15) is 0 Å². The van der Waals surface area contributed by atoms with Crippen LogP contribution >= 0.6 is 15.9 Å². The fourth-order valence-electron chi connectivity index (χ4n) is 2.56. The highest BCUT2D eigenvalue weighted by molar-refractivity contribution is 9.10. The van der Waals surface area contributed by atoms with Gasteiger partial charge in [0.25, 0.3) is 0 Å². The second-order valence-electron chi connectivity index (χ2n) is 6.09. The lowest BCUT2D eigenvalue weighted by Crippen LogP contribution is -2.39. The summed E-state index contributed by atoms with van der Waals surface area (Å²) in [6.07, 6.45) is 0. The average molecular weight is 430 g/mol. The maximum atomic E-state index is 12.0. The third-order valence-corrected chi connectivity index (χ3v) is 4.73. The van der Waals surface area contributed by atoms with Gasteiger partial charge in [0.05, 0.1) is 24.8 Å². The molecule has 1 unspecified atom stereocenters. The van der Waals surface area contributed by atoms with E-state index < -0.39 is 0 Å². The Hall–Kier alpha value is -2.64. The van der Waals surface area contributed by atoms with Crippen molar-refractivity contribution < 1.29 is 14.0 Å². The van der Waals surface area contributed by atoms with E-state index in [0.717, 1.165) is 21.2 Å². The van der Waals surface area contributed by atoms with Gasteiger partial charge < -0.3 is 15.1 Å². The fraction of sp³-hybridized carbons (Fsp3) is 0.200. The molecule has 2 aromatic carbocycles. The lowest BCUT2D eigenvalue weighted by molar-refractivity contribution is -0.123. The summed E-state index contributed by atoms with van der Waals surface area (Å²) < 4.78 is 6.56. The first-order chi connectivity index (χ1) is 13.0. The maximum Gasteiger partial charge on any atom is 0.243 e. The number of anilines is 1. The van der Waals surface area contributed by atoms with Gasteiger partial charge in [-0.15, -0.1) is 0 Å². The summed E-state index contributed by atoms with van der Waals surface area (Å²) >= 11 is 3.36. The molecular weight excluding hydrogens is 410 g/mol. The Kier molecular flexibility index (Phi) is 6.26. The van der Waals surface area contributed by atoms with Gasteiger partial charge in [0.15, 0.2) is 0 Å². The number of para-hydroxylation sites is 2. The van der Waals surface area contributed by atoms with Crippen LogP contribution in [0.5, 0.6) is 0 Å². The smallest absolute Gasteiger partial charge is 0.243 e. The third-order valence-electron chi connectivity index (χ3n) is 4.03. The molecule has 1 atom stereocenters. The number of benzene rings is 2. The molecule has 3 rings (SSSR count). The van der Waals surface area contributed by atoms with E-state index in [9.17, 15) is 9.59 Å². The van der Waals surface area contributed by atoms with Crippen molar-refractivity contribution in [3.05, 3.63) is 64.8 Å². The molecular formula is C20H20BrN3O3. The molecule has 0 aliphatic carbocycles. The Balaban J connectivity index is 1.44. The second-order valence-corrected chi connectivity index (χ2v) is 6.95. The van der Waals surface area contributed by atoms with E-state index in [1.165, 1.54) is 0 Å². The number of hydrogen-bond acceptors (Lipinski definition) is 4. The van der Waals surface area contributed by atoms with Crippen molar-refractivity contribution in [3.8, 4) is 0 Å². The van der Waals surface area contributed by atoms with Crippen LogP contribution in [-0.2, 0) is 9.59 Å². The van der Waals surface area contributed by atoms with E-state index in [1.54, 1.807) is 6.07 Å². The standard InChI is InChI=1S/C20H20BrN3O3/c1-13(18-10-14-6-2-5-9-17(14)27-18)22-11-19(25)23-12-20(26)24-16-8-4-3-7-15(16)21/h2-10,13,22H,11-12H2,1H3,(H,23,25)(H,24,26). The minimum absolute atomic E-state index is 0.0839. The molecule has 0 aliphatic heterocycles. The summed E-state index contributed by atoms with van der Waals surface area (Å²) in [5.74, 6) is 0.205. The molecule has 3 aromatic rings. The van der Waals surface area contributed by atoms with E-state index in [2.05, 4.69) is 31.9 Å². The van der Waals surface area contributed by atoms with Crippen molar-refractivity contribution in [2.45, 2.75) is 13.0 Å². The van der Waals surface area contributed by atoms with Crippen LogP contribution in [0.2, 0.25) is 0 Å². The minimum Gasteiger partial charge on any atom is -0.459 e. The van der Waals surface area contributed by atoms with Gasteiger partial charge in [-0.25, -0.2) is 0 Å². The van der Waals surface area contributed by atoms with Gasteiger partial charge in [-0.1, -0.05) is 30.3 Å². The highest BCUT2D eigenvalue weighted by Gasteiger charge is 2.13. The molecule has 0 fully saturated rings. The lowest BCUT2D eigenvalue weighted by atomic mass is 10.2. The zero-order valence-electron chi connectivity index (χ0n) is 14.8. The predicted molar refractivity (Wildman–Crippen MR) is 108 cm³/mol. The van der Waals surface area contributed by atoms with Crippen LogP contribution in [0.25, 0.3) is 11.0 Å². The van der Waals surface area contributed by atoms with Crippen LogP contribution < -0.4 is 16.0 Å². The molecule has 0 radical (unpaired) electrons.